The van der Waals surface area contributed by atoms with Crippen LogP contribution >= 0.6 is 0 Å². The minimum absolute atomic E-state index is 0.930. The van der Waals surface area contributed by atoms with Crippen LogP contribution in [0.2, 0.25) is 0 Å². The molecule has 10 unspecified atom stereocenters. The van der Waals surface area contributed by atoms with Crippen LogP contribution in [0.4, 0.5) is 0 Å². The molecule has 24 heavy (non-hydrogen) atoms. The molecule has 12 atom stereocenters. The van der Waals surface area contributed by atoms with Gasteiger partial charge in [-0.1, -0.05) is 55.4 Å². The molecule has 6 aliphatic rings. The lowest BCUT2D eigenvalue weighted by molar-refractivity contribution is -0.0466. The van der Waals surface area contributed by atoms with Crippen molar-refractivity contribution in [3.8, 4) is 0 Å². The molecule has 6 aliphatic carbocycles. The lowest BCUT2D eigenvalue weighted by atomic mass is 9.52. The van der Waals surface area contributed by atoms with E-state index in [0.717, 1.165) is 71.0 Å². The van der Waals surface area contributed by atoms with Crippen molar-refractivity contribution in [2.24, 2.45) is 71.0 Å². The fraction of sp³-hybridized carbons (Fsp3) is 1.00. The molecule has 140 valence electrons. The molecule has 4 bridgehead atoms. The van der Waals surface area contributed by atoms with Crippen LogP contribution < -0.4 is 0 Å². The largest absolute Gasteiger partial charge is 0.0620 e. The second kappa shape index (κ2) is 6.96. The molecule has 0 aromatic rings. The van der Waals surface area contributed by atoms with Gasteiger partial charge >= 0.3 is 0 Å². The van der Waals surface area contributed by atoms with Crippen LogP contribution in [0.3, 0.4) is 0 Å². The van der Waals surface area contributed by atoms with Gasteiger partial charge in [0.25, 0.3) is 0 Å². The van der Waals surface area contributed by atoms with E-state index in [1.54, 1.807) is 0 Å². The molecule has 0 N–H and O–H groups in total. The fourth-order valence-corrected chi connectivity index (χ4v) is 7.91. The summed E-state index contributed by atoms with van der Waals surface area (Å²) in [5.41, 5.74) is 0. The minimum atomic E-state index is 0.930. The second-order valence-electron chi connectivity index (χ2n) is 10.7. The van der Waals surface area contributed by atoms with Crippen molar-refractivity contribution in [2.45, 2.75) is 81.1 Å². The third-order valence-electron chi connectivity index (χ3n) is 10.4. The van der Waals surface area contributed by atoms with Crippen molar-refractivity contribution in [1.29, 1.82) is 0 Å². The Balaban J connectivity index is 1.93. The molecule has 0 nitrogen and oxygen atoms in total. The van der Waals surface area contributed by atoms with E-state index in [2.05, 4.69) is 55.4 Å². The molecular formula is C24H44. The molecule has 0 radical (unpaired) electrons. The van der Waals surface area contributed by atoms with Crippen molar-refractivity contribution in [3.63, 3.8) is 0 Å². The van der Waals surface area contributed by atoms with E-state index in [1.165, 1.54) is 25.7 Å². The quantitative estimate of drug-likeness (QED) is 0.442. The Bertz CT molecular complexity index is 314. The molecule has 0 aromatic heterocycles. The molecule has 6 fully saturated rings. The number of rotatable bonds is 0. The molecule has 0 saturated heterocycles. The number of hydrogen-bond acceptors (Lipinski definition) is 0. The zero-order valence-corrected chi connectivity index (χ0v) is 17.8. The zero-order valence-electron chi connectivity index (χ0n) is 17.8. The Morgan fingerprint density at radius 3 is 0.542 bits per heavy atom. The maximum atomic E-state index is 2.59. The molecular weight excluding hydrogens is 288 g/mol. The molecule has 0 aliphatic heterocycles. The monoisotopic (exact) mass is 332 g/mol. The predicted octanol–water partition coefficient (Wildman–Crippen LogP) is 7.14. The lowest BCUT2D eigenvalue weighted by Gasteiger charge is -2.53. The Hall–Kier alpha value is 0. The van der Waals surface area contributed by atoms with E-state index in [0.29, 0.717) is 0 Å². The molecule has 0 heteroatoms. The van der Waals surface area contributed by atoms with Crippen LogP contribution in [0.15, 0.2) is 0 Å². The second-order valence-corrected chi connectivity index (χ2v) is 10.7. The summed E-state index contributed by atoms with van der Waals surface area (Å²) >= 11 is 0. The average molecular weight is 333 g/mol. The first kappa shape index (κ1) is 18.8. The Morgan fingerprint density at radius 1 is 0.292 bits per heavy atom. The summed E-state index contributed by atoms with van der Waals surface area (Å²) in [5, 5.41) is 0. The summed E-state index contributed by atoms with van der Waals surface area (Å²) in [4.78, 5) is 0. The Labute approximate surface area is 152 Å². The van der Waals surface area contributed by atoms with Gasteiger partial charge in [-0.25, -0.2) is 0 Å². The topological polar surface area (TPSA) is 0 Å². The van der Waals surface area contributed by atoms with Gasteiger partial charge < -0.3 is 0 Å². The summed E-state index contributed by atoms with van der Waals surface area (Å²) in [7, 11) is 0. The highest BCUT2D eigenvalue weighted by Crippen LogP contribution is 2.55. The summed E-state index contributed by atoms with van der Waals surface area (Å²) in [6.45, 7) is 20.7. The van der Waals surface area contributed by atoms with Crippen molar-refractivity contribution in [2.75, 3.05) is 0 Å². The van der Waals surface area contributed by atoms with E-state index in [4.69, 9.17) is 0 Å². The SMILES string of the molecule is CC1C(C)C2CCC3C(C)C(C)C(CCC1C(C)[C@H]2C)C(C)[C@H]3C. The van der Waals surface area contributed by atoms with Crippen LogP contribution in [-0.2, 0) is 0 Å². The van der Waals surface area contributed by atoms with E-state index in [1.807, 2.05) is 0 Å². The van der Waals surface area contributed by atoms with Gasteiger partial charge in [0.2, 0.25) is 0 Å². The fourth-order valence-electron chi connectivity index (χ4n) is 7.91. The first-order valence-corrected chi connectivity index (χ1v) is 11.3. The molecule has 0 amide bonds. The first-order chi connectivity index (χ1) is 11.3. The standard InChI is InChI=1S/C24H44/c1-13-14(2)22-11-12-24-19(7)17(5)23(18(6)20(24)8)10-9-21(13)15(3)16(22)4/h13-24H,9-12H2,1-8H3/t13-,14?,15?,16?,17-,18?,19?,20?,21?,22?,23?,24?/m1/s1. The van der Waals surface area contributed by atoms with Gasteiger partial charge in [0.05, 0.1) is 0 Å². The maximum absolute atomic E-state index is 2.59. The van der Waals surface area contributed by atoms with Gasteiger partial charge in [0.15, 0.2) is 0 Å². The van der Waals surface area contributed by atoms with Gasteiger partial charge in [0, 0.05) is 0 Å². The van der Waals surface area contributed by atoms with Gasteiger partial charge in [-0.05, 0) is 96.7 Å². The van der Waals surface area contributed by atoms with Crippen molar-refractivity contribution in [3.05, 3.63) is 0 Å². The zero-order chi connectivity index (χ0) is 17.8. The first-order valence-electron chi connectivity index (χ1n) is 11.3. The lowest BCUT2D eigenvalue weighted by Crippen LogP contribution is -2.47. The summed E-state index contributed by atoms with van der Waals surface area (Å²) in [6, 6.07) is 0. The summed E-state index contributed by atoms with van der Waals surface area (Å²) in [5.74, 6) is 11.3. The highest BCUT2D eigenvalue weighted by Gasteiger charge is 2.47. The molecule has 6 saturated carbocycles. The van der Waals surface area contributed by atoms with Crippen LogP contribution in [0.5, 0.6) is 0 Å². The van der Waals surface area contributed by atoms with Gasteiger partial charge in [-0.3, -0.25) is 0 Å². The van der Waals surface area contributed by atoms with E-state index in [-0.39, 0.29) is 0 Å². The molecule has 0 heterocycles. The van der Waals surface area contributed by atoms with E-state index < -0.39 is 0 Å². The van der Waals surface area contributed by atoms with E-state index in [9.17, 15) is 0 Å². The molecule has 0 aromatic carbocycles. The van der Waals surface area contributed by atoms with Crippen LogP contribution in [0.25, 0.3) is 0 Å². The Morgan fingerprint density at radius 2 is 0.417 bits per heavy atom. The summed E-state index contributed by atoms with van der Waals surface area (Å²) < 4.78 is 0. The van der Waals surface area contributed by atoms with Crippen LogP contribution in [0.1, 0.15) is 81.1 Å². The Kier molecular flexibility index (Phi) is 5.44. The van der Waals surface area contributed by atoms with Crippen molar-refractivity contribution >= 4 is 0 Å². The molecule has 6 rings (SSSR count). The number of hydrogen-bond donors (Lipinski definition) is 0. The van der Waals surface area contributed by atoms with Crippen molar-refractivity contribution < 1.29 is 0 Å². The highest BCUT2D eigenvalue weighted by atomic mass is 14.5. The van der Waals surface area contributed by atoms with Gasteiger partial charge in [0.1, 0.15) is 0 Å². The third kappa shape index (κ3) is 2.88. The van der Waals surface area contributed by atoms with E-state index >= 15 is 0 Å². The molecule has 0 spiro atoms. The normalized spacial score (nSPS) is 59.0. The smallest absolute Gasteiger partial charge is 0.0357 e. The minimum Gasteiger partial charge on any atom is -0.0620 e. The predicted molar refractivity (Wildman–Crippen MR) is 106 cm³/mol. The van der Waals surface area contributed by atoms with Crippen LogP contribution in [0, 0.1) is 71.0 Å². The van der Waals surface area contributed by atoms with Crippen molar-refractivity contribution in [1.82, 2.24) is 0 Å². The van der Waals surface area contributed by atoms with Gasteiger partial charge in [-0.2, -0.15) is 0 Å². The van der Waals surface area contributed by atoms with Crippen LogP contribution in [-0.4, -0.2) is 0 Å². The third-order valence-corrected chi connectivity index (χ3v) is 10.4. The highest BCUT2D eigenvalue weighted by molar-refractivity contribution is 4.96. The summed E-state index contributed by atoms with van der Waals surface area (Å²) in [6.07, 6.45) is 5.97. The average Bonchev–Trinajstić information content (AvgIpc) is 2.55. The maximum Gasteiger partial charge on any atom is -0.0357 e. The van der Waals surface area contributed by atoms with Gasteiger partial charge in [-0.15, -0.1) is 0 Å².